The van der Waals surface area contributed by atoms with E-state index in [2.05, 4.69) is 12.2 Å². The minimum Gasteiger partial charge on any atom is -0.311 e. The van der Waals surface area contributed by atoms with Crippen LogP contribution in [0.15, 0.2) is 0 Å². The fourth-order valence-electron chi connectivity index (χ4n) is 1.76. The second-order valence-corrected chi connectivity index (χ2v) is 4.99. The zero-order valence-corrected chi connectivity index (χ0v) is 8.26. The Morgan fingerprint density at radius 2 is 2.31 bits per heavy atom. The third-order valence-electron chi connectivity index (χ3n) is 2.44. The van der Waals surface area contributed by atoms with Gasteiger partial charge in [0.1, 0.15) is 6.54 Å². The SMILES string of the molecule is CC1CC(N2CC(=O)NC2=O)CS1. The van der Waals surface area contributed by atoms with Crippen LogP contribution in [0.2, 0.25) is 0 Å². The van der Waals surface area contributed by atoms with Crippen molar-refractivity contribution in [2.75, 3.05) is 12.3 Å². The van der Waals surface area contributed by atoms with E-state index in [0.717, 1.165) is 12.2 Å². The van der Waals surface area contributed by atoms with Crippen molar-refractivity contribution >= 4 is 23.7 Å². The number of nitrogens with one attached hydrogen (secondary N) is 1. The van der Waals surface area contributed by atoms with Gasteiger partial charge < -0.3 is 4.90 Å². The molecule has 3 amide bonds. The molecule has 0 bridgehead atoms. The van der Waals surface area contributed by atoms with Crippen molar-refractivity contribution in [2.24, 2.45) is 0 Å². The second kappa shape index (κ2) is 3.21. The second-order valence-electron chi connectivity index (χ2n) is 3.51. The van der Waals surface area contributed by atoms with Crippen LogP contribution in [0, 0.1) is 0 Å². The summed E-state index contributed by atoms with van der Waals surface area (Å²) >= 11 is 1.86. The maximum Gasteiger partial charge on any atom is 0.324 e. The summed E-state index contributed by atoms with van der Waals surface area (Å²) in [6.45, 7) is 2.40. The summed E-state index contributed by atoms with van der Waals surface area (Å²) in [7, 11) is 0. The minimum atomic E-state index is -0.218. The first kappa shape index (κ1) is 8.87. The fraction of sp³-hybridized carbons (Fsp3) is 0.750. The number of nitrogens with zero attached hydrogens (tertiary/aromatic N) is 1. The van der Waals surface area contributed by atoms with Crippen molar-refractivity contribution in [3.05, 3.63) is 0 Å². The van der Waals surface area contributed by atoms with Crippen LogP contribution in [-0.2, 0) is 4.79 Å². The molecule has 4 nitrogen and oxygen atoms in total. The molecule has 2 saturated heterocycles. The molecule has 0 aromatic heterocycles. The number of rotatable bonds is 1. The first-order chi connectivity index (χ1) is 6.16. The number of imide groups is 1. The summed E-state index contributed by atoms with van der Waals surface area (Å²) in [4.78, 5) is 23.8. The predicted molar refractivity (Wildman–Crippen MR) is 50.6 cm³/mol. The molecule has 2 unspecified atom stereocenters. The van der Waals surface area contributed by atoms with E-state index >= 15 is 0 Å². The lowest BCUT2D eigenvalue weighted by molar-refractivity contribution is -0.118. The standard InChI is InChI=1S/C8H12N2O2S/c1-5-2-6(4-13-5)10-3-7(11)9-8(10)12/h5-6H,2-4H2,1H3,(H,9,11,12). The van der Waals surface area contributed by atoms with Crippen molar-refractivity contribution in [1.82, 2.24) is 10.2 Å². The Labute approximate surface area is 81.0 Å². The number of hydrogen-bond donors (Lipinski definition) is 1. The van der Waals surface area contributed by atoms with E-state index in [1.54, 1.807) is 4.90 Å². The molecule has 0 spiro atoms. The largest absolute Gasteiger partial charge is 0.324 e. The highest BCUT2D eigenvalue weighted by Crippen LogP contribution is 2.30. The van der Waals surface area contributed by atoms with Gasteiger partial charge in [-0.2, -0.15) is 11.8 Å². The zero-order valence-electron chi connectivity index (χ0n) is 7.45. The first-order valence-electron chi connectivity index (χ1n) is 4.39. The smallest absolute Gasteiger partial charge is 0.311 e. The number of thioether (sulfide) groups is 1. The van der Waals surface area contributed by atoms with E-state index in [4.69, 9.17) is 0 Å². The first-order valence-corrected chi connectivity index (χ1v) is 5.44. The zero-order chi connectivity index (χ0) is 9.42. The molecule has 0 radical (unpaired) electrons. The molecule has 2 atom stereocenters. The minimum absolute atomic E-state index is 0.172. The third kappa shape index (κ3) is 1.65. The van der Waals surface area contributed by atoms with E-state index in [1.165, 1.54) is 0 Å². The van der Waals surface area contributed by atoms with E-state index in [-0.39, 0.29) is 24.5 Å². The summed E-state index contributed by atoms with van der Waals surface area (Å²) in [5, 5.41) is 2.90. The summed E-state index contributed by atoms with van der Waals surface area (Å²) in [6, 6.07) is 0.0381. The lowest BCUT2D eigenvalue weighted by Gasteiger charge is -2.20. The van der Waals surface area contributed by atoms with Gasteiger partial charge in [0, 0.05) is 17.0 Å². The van der Waals surface area contributed by atoms with Crippen LogP contribution in [0.25, 0.3) is 0 Å². The van der Waals surface area contributed by atoms with E-state index < -0.39 is 0 Å². The van der Waals surface area contributed by atoms with Gasteiger partial charge in [-0.1, -0.05) is 6.92 Å². The average molecular weight is 200 g/mol. The molecule has 2 rings (SSSR count). The number of amides is 3. The molecule has 1 N–H and O–H groups in total. The van der Waals surface area contributed by atoms with E-state index in [1.807, 2.05) is 11.8 Å². The predicted octanol–water partition coefficient (Wildman–Crippen LogP) is 0.432. The average Bonchev–Trinajstić information content (AvgIpc) is 2.58. The molecule has 0 aromatic carbocycles. The van der Waals surface area contributed by atoms with Crippen LogP contribution in [0.5, 0.6) is 0 Å². The van der Waals surface area contributed by atoms with Crippen LogP contribution >= 0.6 is 11.8 Å². The van der Waals surface area contributed by atoms with Crippen molar-refractivity contribution in [2.45, 2.75) is 24.6 Å². The highest BCUT2D eigenvalue weighted by molar-refractivity contribution is 8.00. The topological polar surface area (TPSA) is 49.4 Å². The van der Waals surface area contributed by atoms with Crippen molar-refractivity contribution in [3.8, 4) is 0 Å². The number of hydrogen-bond acceptors (Lipinski definition) is 3. The van der Waals surface area contributed by atoms with Gasteiger partial charge in [-0.15, -0.1) is 0 Å². The quantitative estimate of drug-likeness (QED) is 0.624. The molecular formula is C8H12N2O2S. The van der Waals surface area contributed by atoms with Crippen molar-refractivity contribution in [1.29, 1.82) is 0 Å². The molecule has 0 saturated carbocycles. The van der Waals surface area contributed by atoms with Gasteiger partial charge in [0.05, 0.1) is 0 Å². The Bertz CT molecular complexity index is 257. The van der Waals surface area contributed by atoms with Crippen molar-refractivity contribution < 1.29 is 9.59 Å². The van der Waals surface area contributed by atoms with Crippen molar-refractivity contribution in [3.63, 3.8) is 0 Å². The molecule has 0 aliphatic carbocycles. The number of urea groups is 1. The molecule has 2 fully saturated rings. The molecule has 2 aliphatic rings. The highest BCUT2D eigenvalue weighted by Gasteiger charge is 2.36. The lowest BCUT2D eigenvalue weighted by atomic mass is 10.2. The van der Waals surface area contributed by atoms with Crippen LogP contribution in [0.4, 0.5) is 4.79 Å². The summed E-state index contributed by atoms with van der Waals surface area (Å²) < 4.78 is 0. The Kier molecular flexibility index (Phi) is 2.19. The van der Waals surface area contributed by atoms with Crippen LogP contribution < -0.4 is 5.32 Å². The monoisotopic (exact) mass is 200 g/mol. The summed E-state index contributed by atoms with van der Waals surface area (Å²) in [6.07, 6.45) is 1.01. The highest BCUT2D eigenvalue weighted by atomic mass is 32.2. The van der Waals surface area contributed by atoms with Gasteiger partial charge in [-0.3, -0.25) is 10.1 Å². The van der Waals surface area contributed by atoms with Crippen LogP contribution in [0.3, 0.4) is 0 Å². The normalized spacial score (nSPS) is 34.1. The molecule has 0 aromatic rings. The van der Waals surface area contributed by atoms with E-state index in [0.29, 0.717) is 5.25 Å². The Hall–Kier alpha value is -0.710. The molecule has 2 heterocycles. The summed E-state index contributed by atoms with van der Waals surface area (Å²) in [5.41, 5.74) is 0. The lowest BCUT2D eigenvalue weighted by Crippen LogP contribution is -2.38. The Balaban J connectivity index is 2.01. The maximum absolute atomic E-state index is 11.3. The van der Waals surface area contributed by atoms with Gasteiger partial charge in [0.25, 0.3) is 0 Å². The molecule has 13 heavy (non-hydrogen) atoms. The number of carbonyl (C=O) groups excluding carboxylic acids is 2. The van der Waals surface area contributed by atoms with Gasteiger partial charge in [0.15, 0.2) is 0 Å². The van der Waals surface area contributed by atoms with Gasteiger partial charge >= 0.3 is 6.03 Å². The van der Waals surface area contributed by atoms with Crippen LogP contribution in [0.1, 0.15) is 13.3 Å². The van der Waals surface area contributed by atoms with Gasteiger partial charge in [-0.05, 0) is 6.42 Å². The fourth-order valence-corrected chi connectivity index (χ4v) is 2.99. The Morgan fingerprint density at radius 1 is 1.54 bits per heavy atom. The van der Waals surface area contributed by atoms with Crippen LogP contribution in [-0.4, -0.2) is 40.4 Å². The molecule has 2 aliphatic heterocycles. The third-order valence-corrected chi connectivity index (χ3v) is 3.78. The molecular weight excluding hydrogens is 188 g/mol. The summed E-state index contributed by atoms with van der Waals surface area (Å²) in [5.74, 6) is 0.788. The molecule has 5 heteroatoms. The Morgan fingerprint density at radius 3 is 2.77 bits per heavy atom. The molecule has 72 valence electrons. The van der Waals surface area contributed by atoms with Gasteiger partial charge in [0.2, 0.25) is 5.91 Å². The van der Waals surface area contributed by atoms with E-state index in [9.17, 15) is 9.59 Å². The van der Waals surface area contributed by atoms with Gasteiger partial charge in [-0.25, -0.2) is 4.79 Å². The maximum atomic E-state index is 11.3. The number of carbonyl (C=O) groups is 2.